The van der Waals surface area contributed by atoms with Gasteiger partial charge in [0.05, 0.1) is 24.6 Å². The van der Waals surface area contributed by atoms with Gasteiger partial charge in [-0.05, 0) is 18.2 Å². The number of nitrogens with zero attached hydrogens (tertiary/aromatic N) is 2. The highest BCUT2D eigenvalue weighted by Gasteiger charge is 2.19. The fourth-order valence-corrected chi connectivity index (χ4v) is 2.09. The highest BCUT2D eigenvalue weighted by atomic mass is 32.2. The van der Waals surface area contributed by atoms with E-state index >= 15 is 0 Å². The van der Waals surface area contributed by atoms with Crippen molar-refractivity contribution >= 4 is 27.6 Å². The molecule has 0 saturated heterocycles. The molecule has 0 heterocycles. The normalized spacial score (nSPS) is 10.9. The maximum Gasteiger partial charge on any atom is 0.337 e. The van der Waals surface area contributed by atoms with Crippen LogP contribution in [-0.4, -0.2) is 59.7 Å². The van der Waals surface area contributed by atoms with Gasteiger partial charge >= 0.3 is 5.97 Å². The number of carbonyl (C=O) groups is 2. The Labute approximate surface area is 124 Å². The molecule has 0 bridgehead atoms. The van der Waals surface area contributed by atoms with Crippen LogP contribution in [0.4, 0.5) is 5.69 Å². The van der Waals surface area contributed by atoms with Crippen molar-refractivity contribution in [1.29, 1.82) is 0 Å². The molecule has 0 atom stereocenters. The van der Waals surface area contributed by atoms with E-state index in [0.29, 0.717) is 0 Å². The maximum absolute atomic E-state index is 12.0. The van der Waals surface area contributed by atoms with Crippen molar-refractivity contribution in [3.63, 3.8) is 0 Å². The molecule has 0 aliphatic rings. The van der Waals surface area contributed by atoms with Gasteiger partial charge in [-0.1, -0.05) is 0 Å². The van der Waals surface area contributed by atoms with Gasteiger partial charge in [-0.15, -0.1) is 0 Å². The number of anilines is 1. The Morgan fingerprint density at radius 1 is 1.05 bits per heavy atom. The third kappa shape index (κ3) is 3.94. The standard InChI is InChI=1S/C13H18N2O5S/c1-14(2)12(16)9-6-10(13(17)20-4)8-11(7-9)15(3)21(5,18)19/h6-8H,1-5H3. The SMILES string of the molecule is COC(=O)c1cc(C(=O)N(C)C)cc(N(C)S(C)(=O)=O)c1. The zero-order valence-electron chi connectivity index (χ0n) is 12.6. The lowest BCUT2D eigenvalue weighted by Crippen LogP contribution is -2.27. The fraction of sp³-hybridized carbons (Fsp3) is 0.385. The van der Waals surface area contributed by atoms with Gasteiger partial charge in [-0.2, -0.15) is 0 Å². The van der Waals surface area contributed by atoms with Crippen LogP contribution in [0, 0.1) is 0 Å². The Morgan fingerprint density at radius 3 is 2.00 bits per heavy atom. The van der Waals surface area contributed by atoms with Crippen molar-refractivity contribution < 1.29 is 22.7 Å². The largest absolute Gasteiger partial charge is 0.465 e. The van der Waals surface area contributed by atoms with E-state index in [1.807, 2.05) is 0 Å². The smallest absolute Gasteiger partial charge is 0.337 e. The van der Waals surface area contributed by atoms with Gasteiger partial charge in [0.1, 0.15) is 0 Å². The van der Waals surface area contributed by atoms with E-state index in [0.717, 1.165) is 10.6 Å². The molecule has 116 valence electrons. The number of ether oxygens (including phenoxy) is 1. The quantitative estimate of drug-likeness (QED) is 0.759. The van der Waals surface area contributed by atoms with Crippen molar-refractivity contribution in [2.45, 2.75) is 0 Å². The van der Waals surface area contributed by atoms with Crippen LogP contribution in [0.3, 0.4) is 0 Å². The molecule has 8 heteroatoms. The molecule has 1 rings (SSSR count). The number of esters is 1. The van der Waals surface area contributed by atoms with Crippen molar-refractivity contribution in [2.75, 3.05) is 38.8 Å². The first-order valence-electron chi connectivity index (χ1n) is 5.97. The molecule has 1 amide bonds. The number of hydrogen-bond donors (Lipinski definition) is 0. The minimum Gasteiger partial charge on any atom is -0.465 e. The summed E-state index contributed by atoms with van der Waals surface area (Å²) in [6.07, 6.45) is 1.03. The van der Waals surface area contributed by atoms with Gasteiger partial charge in [-0.3, -0.25) is 9.10 Å². The number of benzene rings is 1. The average Bonchev–Trinajstić information content (AvgIpc) is 2.42. The summed E-state index contributed by atoms with van der Waals surface area (Å²) in [4.78, 5) is 25.0. The maximum atomic E-state index is 12.0. The van der Waals surface area contributed by atoms with Gasteiger partial charge < -0.3 is 9.64 Å². The number of methoxy groups -OCH3 is 1. The Balaban J connectivity index is 3.48. The van der Waals surface area contributed by atoms with Gasteiger partial charge in [0.2, 0.25) is 10.0 Å². The fourth-order valence-electron chi connectivity index (χ4n) is 1.60. The summed E-state index contributed by atoms with van der Waals surface area (Å²) in [6, 6.07) is 4.14. The van der Waals surface area contributed by atoms with E-state index in [2.05, 4.69) is 4.74 Å². The molecule has 1 aromatic rings. The van der Waals surface area contributed by atoms with Crippen LogP contribution in [0.1, 0.15) is 20.7 Å². The molecular formula is C13H18N2O5S. The first-order chi connectivity index (χ1) is 9.57. The van der Waals surface area contributed by atoms with Crippen LogP contribution < -0.4 is 4.31 Å². The molecule has 0 aromatic heterocycles. The number of rotatable bonds is 4. The third-order valence-corrected chi connectivity index (χ3v) is 4.06. The van der Waals surface area contributed by atoms with Gasteiger partial charge in [-0.25, -0.2) is 13.2 Å². The molecular weight excluding hydrogens is 296 g/mol. The monoisotopic (exact) mass is 314 g/mol. The lowest BCUT2D eigenvalue weighted by Gasteiger charge is -2.19. The third-order valence-electron chi connectivity index (χ3n) is 2.85. The molecule has 0 aliphatic heterocycles. The predicted molar refractivity (Wildman–Crippen MR) is 79.0 cm³/mol. The minimum atomic E-state index is -3.51. The Bertz CT molecular complexity index is 667. The van der Waals surface area contributed by atoms with Crippen molar-refractivity contribution in [1.82, 2.24) is 4.90 Å². The second kappa shape index (κ2) is 6.13. The van der Waals surface area contributed by atoms with Crippen LogP contribution in [0.2, 0.25) is 0 Å². The second-order valence-electron chi connectivity index (χ2n) is 4.69. The summed E-state index contributed by atoms with van der Waals surface area (Å²) in [6.45, 7) is 0. The van der Waals surface area contributed by atoms with E-state index in [1.165, 1.54) is 37.3 Å². The summed E-state index contributed by atoms with van der Waals surface area (Å²) in [7, 11) is 2.17. The van der Waals surface area contributed by atoms with Gasteiger partial charge in [0.15, 0.2) is 0 Å². The lowest BCUT2D eigenvalue weighted by molar-refractivity contribution is 0.0600. The summed E-state index contributed by atoms with van der Waals surface area (Å²) < 4.78 is 28.8. The van der Waals surface area contributed by atoms with Crippen LogP contribution in [-0.2, 0) is 14.8 Å². The predicted octanol–water partition coefficient (Wildman–Crippen LogP) is 0.571. The van der Waals surface area contributed by atoms with Crippen LogP contribution >= 0.6 is 0 Å². The Kier molecular flexibility index (Phi) is 4.95. The molecule has 0 N–H and O–H groups in total. The van der Waals surface area contributed by atoms with E-state index in [-0.39, 0.29) is 22.7 Å². The zero-order chi connectivity index (χ0) is 16.4. The van der Waals surface area contributed by atoms with Crippen molar-refractivity contribution in [3.8, 4) is 0 Å². The molecule has 0 spiro atoms. The molecule has 21 heavy (non-hydrogen) atoms. The lowest BCUT2D eigenvalue weighted by atomic mass is 10.1. The first kappa shape index (κ1) is 17.0. The van der Waals surface area contributed by atoms with Gasteiger partial charge in [0.25, 0.3) is 5.91 Å². The van der Waals surface area contributed by atoms with Crippen molar-refractivity contribution in [2.24, 2.45) is 0 Å². The molecule has 7 nitrogen and oxygen atoms in total. The first-order valence-corrected chi connectivity index (χ1v) is 7.81. The zero-order valence-corrected chi connectivity index (χ0v) is 13.4. The molecule has 0 fully saturated rings. The Morgan fingerprint density at radius 2 is 1.57 bits per heavy atom. The van der Waals surface area contributed by atoms with Crippen molar-refractivity contribution in [3.05, 3.63) is 29.3 Å². The average molecular weight is 314 g/mol. The number of hydrogen-bond acceptors (Lipinski definition) is 5. The van der Waals surface area contributed by atoms with E-state index in [4.69, 9.17) is 0 Å². The summed E-state index contributed by atoms with van der Waals surface area (Å²) >= 11 is 0. The van der Waals surface area contributed by atoms with E-state index < -0.39 is 16.0 Å². The van der Waals surface area contributed by atoms with Crippen LogP contribution in [0.25, 0.3) is 0 Å². The summed E-state index contributed by atoms with van der Waals surface area (Å²) in [5.74, 6) is -0.990. The molecule has 0 saturated carbocycles. The summed E-state index contributed by atoms with van der Waals surface area (Å²) in [5.41, 5.74) is 0.523. The highest BCUT2D eigenvalue weighted by molar-refractivity contribution is 7.92. The summed E-state index contributed by atoms with van der Waals surface area (Å²) in [5, 5.41) is 0. The van der Waals surface area contributed by atoms with E-state index in [1.54, 1.807) is 14.1 Å². The minimum absolute atomic E-state index is 0.107. The van der Waals surface area contributed by atoms with Gasteiger partial charge in [0, 0.05) is 26.7 Å². The molecule has 0 unspecified atom stereocenters. The Hall–Kier alpha value is -2.09. The number of amides is 1. The molecule has 0 aliphatic carbocycles. The molecule has 0 radical (unpaired) electrons. The van der Waals surface area contributed by atoms with Crippen LogP contribution in [0.5, 0.6) is 0 Å². The number of carbonyl (C=O) groups excluding carboxylic acids is 2. The highest BCUT2D eigenvalue weighted by Crippen LogP contribution is 2.21. The number of sulfonamides is 1. The van der Waals surface area contributed by atoms with Crippen LogP contribution in [0.15, 0.2) is 18.2 Å². The topological polar surface area (TPSA) is 84.0 Å². The second-order valence-corrected chi connectivity index (χ2v) is 6.70. The molecule has 1 aromatic carbocycles. The van der Waals surface area contributed by atoms with E-state index in [9.17, 15) is 18.0 Å².